The van der Waals surface area contributed by atoms with E-state index >= 15 is 0 Å². The van der Waals surface area contributed by atoms with Crippen molar-refractivity contribution >= 4 is 23.7 Å². The van der Waals surface area contributed by atoms with Gasteiger partial charge in [0, 0.05) is 19.8 Å². The predicted molar refractivity (Wildman–Crippen MR) is 89.9 cm³/mol. The van der Waals surface area contributed by atoms with E-state index in [9.17, 15) is 14.4 Å². The van der Waals surface area contributed by atoms with E-state index in [1.54, 1.807) is 47.0 Å². The first kappa shape index (κ1) is 19.5. The molecule has 1 aromatic carbocycles. The van der Waals surface area contributed by atoms with Gasteiger partial charge in [0.25, 0.3) is 5.91 Å². The average Bonchev–Trinajstić information content (AvgIpc) is 2.44. The highest BCUT2D eigenvalue weighted by Crippen LogP contribution is 2.14. The van der Waals surface area contributed by atoms with Gasteiger partial charge in [-0.05, 0) is 52.0 Å². The summed E-state index contributed by atoms with van der Waals surface area (Å²) in [5.41, 5.74) is 0.171. The Bertz CT molecular complexity index is 602. The van der Waals surface area contributed by atoms with Crippen molar-refractivity contribution in [3.8, 4) is 0 Å². The fourth-order valence-corrected chi connectivity index (χ4v) is 1.75. The molecule has 2 amide bonds. The van der Waals surface area contributed by atoms with Crippen molar-refractivity contribution < 1.29 is 23.9 Å². The second-order valence-corrected chi connectivity index (χ2v) is 6.48. The van der Waals surface area contributed by atoms with E-state index in [1.165, 1.54) is 24.0 Å². The number of nitrogens with one attached hydrogen (secondary N) is 1. The minimum Gasteiger partial charge on any atom is -0.449 e. The molecule has 0 aliphatic heterocycles. The molecule has 7 heteroatoms. The molecule has 1 atom stereocenters. The summed E-state index contributed by atoms with van der Waals surface area (Å²) in [5.74, 6) is -0.909. The van der Waals surface area contributed by atoms with Crippen LogP contribution in [0.3, 0.4) is 0 Å². The van der Waals surface area contributed by atoms with Crippen LogP contribution in [0.1, 0.15) is 38.1 Å². The van der Waals surface area contributed by atoms with E-state index in [4.69, 9.17) is 9.47 Å². The fourth-order valence-electron chi connectivity index (χ4n) is 1.75. The van der Waals surface area contributed by atoms with Crippen molar-refractivity contribution in [2.75, 3.05) is 19.4 Å². The van der Waals surface area contributed by atoms with E-state index in [0.717, 1.165) is 0 Å². The van der Waals surface area contributed by atoms with Gasteiger partial charge in [0.15, 0.2) is 6.10 Å². The lowest BCUT2D eigenvalue weighted by molar-refractivity contribution is -0.137. The molecule has 0 aliphatic rings. The predicted octanol–water partition coefficient (Wildman–Crippen LogP) is 2.67. The van der Waals surface area contributed by atoms with Crippen LogP contribution in [0.15, 0.2) is 24.3 Å². The van der Waals surface area contributed by atoms with Gasteiger partial charge in [-0.15, -0.1) is 0 Å². The standard InChI is InChI=1S/C17H24N2O5/c1-11(14(20)19(5)6)23-15(21)12-7-9-13(10-8-12)18-16(22)24-17(2,3)4/h7-11H,1-6H3,(H,18,22)/t11-/m1/s1. The fraction of sp³-hybridized carbons (Fsp3) is 0.471. The molecule has 0 aliphatic carbocycles. The number of nitrogens with zero attached hydrogens (tertiary/aromatic N) is 1. The molecule has 7 nitrogen and oxygen atoms in total. The van der Waals surface area contributed by atoms with Crippen LogP contribution in [0.5, 0.6) is 0 Å². The number of carbonyl (C=O) groups is 3. The Morgan fingerprint density at radius 2 is 1.62 bits per heavy atom. The molecular formula is C17H24N2O5. The highest BCUT2D eigenvalue weighted by molar-refractivity contribution is 5.93. The van der Waals surface area contributed by atoms with Gasteiger partial charge in [-0.1, -0.05) is 0 Å². The van der Waals surface area contributed by atoms with Crippen LogP contribution in [0, 0.1) is 0 Å². The summed E-state index contributed by atoms with van der Waals surface area (Å²) in [6.07, 6.45) is -1.45. The number of esters is 1. The number of hydrogen-bond acceptors (Lipinski definition) is 5. The maximum absolute atomic E-state index is 12.0. The molecule has 0 unspecified atom stereocenters. The second kappa shape index (κ2) is 7.81. The van der Waals surface area contributed by atoms with Gasteiger partial charge in [0.05, 0.1) is 5.56 Å². The molecular weight excluding hydrogens is 312 g/mol. The molecule has 0 saturated heterocycles. The topological polar surface area (TPSA) is 84.9 Å². The Morgan fingerprint density at radius 3 is 2.08 bits per heavy atom. The summed E-state index contributed by atoms with van der Waals surface area (Å²) in [6, 6.07) is 6.11. The quantitative estimate of drug-likeness (QED) is 0.855. The van der Waals surface area contributed by atoms with E-state index in [2.05, 4.69) is 5.32 Å². The normalized spacial score (nSPS) is 12.1. The number of amides is 2. The first-order valence-corrected chi connectivity index (χ1v) is 7.52. The number of likely N-dealkylation sites (N-methyl/N-ethyl adjacent to an activating group) is 1. The van der Waals surface area contributed by atoms with Crippen LogP contribution in [0.4, 0.5) is 10.5 Å². The number of ether oxygens (including phenoxy) is 2. The number of anilines is 1. The number of hydrogen-bond donors (Lipinski definition) is 1. The van der Waals surface area contributed by atoms with Crippen LogP contribution >= 0.6 is 0 Å². The maximum Gasteiger partial charge on any atom is 0.412 e. The lowest BCUT2D eigenvalue weighted by Gasteiger charge is -2.19. The van der Waals surface area contributed by atoms with Gasteiger partial charge < -0.3 is 14.4 Å². The SMILES string of the molecule is C[C@@H](OC(=O)c1ccc(NC(=O)OC(C)(C)C)cc1)C(=O)N(C)C. The number of benzene rings is 1. The third-order valence-corrected chi connectivity index (χ3v) is 2.84. The zero-order chi connectivity index (χ0) is 18.5. The maximum atomic E-state index is 12.0. The van der Waals surface area contributed by atoms with Crippen molar-refractivity contribution in [1.82, 2.24) is 4.90 Å². The lowest BCUT2D eigenvalue weighted by atomic mass is 10.2. The monoisotopic (exact) mass is 336 g/mol. The molecule has 0 heterocycles. The molecule has 1 aromatic rings. The Labute approximate surface area is 141 Å². The first-order chi connectivity index (χ1) is 11.0. The Hall–Kier alpha value is -2.57. The summed E-state index contributed by atoms with van der Waals surface area (Å²) in [5, 5.41) is 2.56. The van der Waals surface area contributed by atoms with Crippen molar-refractivity contribution in [2.24, 2.45) is 0 Å². The van der Waals surface area contributed by atoms with Crippen molar-refractivity contribution in [2.45, 2.75) is 39.4 Å². The van der Waals surface area contributed by atoms with Crippen LogP contribution in [0.2, 0.25) is 0 Å². The lowest BCUT2D eigenvalue weighted by Crippen LogP contribution is -2.34. The van der Waals surface area contributed by atoms with Gasteiger partial charge >= 0.3 is 12.1 Å². The smallest absolute Gasteiger partial charge is 0.412 e. The van der Waals surface area contributed by atoms with Gasteiger partial charge in [-0.2, -0.15) is 0 Å². The Kier molecular flexibility index (Phi) is 6.34. The van der Waals surface area contributed by atoms with Crippen LogP contribution in [0.25, 0.3) is 0 Å². The Balaban J connectivity index is 2.65. The summed E-state index contributed by atoms with van der Waals surface area (Å²) in [7, 11) is 3.17. The van der Waals surface area contributed by atoms with E-state index in [1.807, 2.05) is 0 Å². The van der Waals surface area contributed by atoms with Gasteiger partial charge in [0.2, 0.25) is 0 Å². The van der Waals surface area contributed by atoms with E-state index < -0.39 is 23.8 Å². The summed E-state index contributed by atoms with van der Waals surface area (Å²) < 4.78 is 10.2. The molecule has 0 saturated carbocycles. The summed E-state index contributed by atoms with van der Waals surface area (Å²) in [6.45, 7) is 6.81. The van der Waals surface area contributed by atoms with Gasteiger partial charge in [-0.3, -0.25) is 10.1 Å². The largest absolute Gasteiger partial charge is 0.449 e. The molecule has 0 radical (unpaired) electrons. The molecule has 132 valence electrons. The Morgan fingerprint density at radius 1 is 1.08 bits per heavy atom. The molecule has 0 fully saturated rings. The second-order valence-electron chi connectivity index (χ2n) is 6.48. The van der Waals surface area contributed by atoms with Gasteiger partial charge in [0.1, 0.15) is 5.60 Å². The molecule has 0 spiro atoms. The van der Waals surface area contributed by atoms with Crippen LogP contribution in [-0.2, 0) is 14.3 Å². The highest BCUT2D eigenvalue weighted by atomic mass is 16.6. The van der Waals surface area contributed by atoms with Crippen LogP contribution < -0.4 is 5.32 Å². The third kappa shape index (κ3) is 6.28. The van der Waals surface area contributed by atoms with E-state index in [0.29, 0.717) is 5.69 Å². The van der Waals surface area contributed by atoms with Crippen LogP contribution in [-0.4, -0.2) is 48.7 Å². The zero-order valence-corrected chi connectivity index (χ0v) is 14.9. The van der Waals surface area contributed by atoms with Crippen molar-refractivity contribution in [3.05, 3.63) is 29.8 Å². The van der Waals surface area contributed by atoms with E-state index in [-0.39, 0.29) is 11.5 Å². The van der Waals surface area contributed by atoms with Crippen molar-refractivity contribution in [1.29, 1.82) is 0 Å². The van der Waals surface area contributed by atoms with Crippen molar-refractivity contribution in [3.63, 3.8) is 0 Å². The molecule has 0 aromatic heterocycles. The summed E-state index contributed by atoms with van der Waals surface area (Å²) in [4.78, 5) is 36.7. The van der Waals surface area contributed by atoms with Gasteiger partial charge in [-0.25, -0.2) is 9.59 Å². The molecule has 24 heavy (non-hydrogen) atoms. The first-order valence-electron chi connectivity index (χ1n) is 7.52. The minimum atomic E-state index is -0.868. The molecule has 1 rings (SSSR count). The minimum absolute atomic E-state index is 0.281. The summed E-state index contributed by atoms with van der Waals surface area (Å²) >= 11 is 0. The highest BCUT2D eigenvalue weighted by Gasteiger charge is 2.20. The number of carbonyl (C=O) groups excluding carboxylic acids is 3. The number of rotatable bonds is 4. The average molecular weight is 336 g/mol. The molecule has 1 N–H and O–H groups in total. The molecule has 0 bridgehead atoms. The zero-order valence-electron chi connectivity index (χ0n) is 14.9. The third-order valence-electron chi connectivity index (χ3n) is 2.84.